The van der Waals surface area contributed by atoms with E-state index in [2.05, 4.69) is 20.1 Å². The highest BCUT2D eigenvalue weighted by Gasteiger charge is 2.36. The van der Waals surface area contributed by atoms with Gasteiger partial charge >= 0.3 is 6.18 Å². The highest BCUT2D eigenvalue weighted by molar-refractivity contribution is 7.91. The minimum Gasteiger partial charge on any atom is -0.250 e. The Balaban J connectivity index is 1.89. The van der Waals surface area contributed by atoms with Crippen LogP contribution in [0.5, 0.6) is 0 Å². The van der Waals surface area contributed by atoms with Crippen molar-refractivity contribution in [2.45, 2.75) is 36.8 Å². The van der Waals surface area contributed by atoms with E-state index in [-0.39, 0.29) is 33.7 Å². The first-order valence-electron chi connectivity index (χ1n) is 8.24. The summed E-state index contributed by atoms with van der Waals surface area (Å²) in [4.78, 5) is 11.9. The zero-order valence-electron chi connectivity index (χ0n) is 14.1. The monoisotopic (exact) mass is 397 g/mol. The van der Waals surface area contributed by atoms with Gasteiger partial charge in [0.05, 0.1) is 16.3 Å². The Kier molecular flexibility index (Phi) is 3.95. The zero-order valence-corrected chi connectivity index (χ0v) is 14.9. The van der Waals surface area contributed by atoms with Crippen LogP contribution in [0.4, 0.5) is 13.2 Å². The van der Waals surface area contributed by atoms with Crippen LogP contribution in [0.25, 0.3) is 17.2 Å². The van der Waals surface area contributed by atoms with Crippen LogP contribution in [-0.2, 0) is 16.0 Å². The molecule has 3 aromatic heterocycles. The van der Waals surface area contributed by atoms with Crippen LogP contribution in [0.2, 0.25) is 0 Å². The predicted molar refractivity (Wildman–Crippen MR) is 88.7 cm³/mol. The highest BCUT2D eigenvalue weighted by atomic mass is 32.2. The number of nitrogens with zero attached hydrogens (tertiary/aromatic N) is 5. The standard InChI is InChI=1S/C16H14F3N5O2S/c1-2-27(25,26)12-6-5-10(9-3-4-9)20-13(12)11-7-8-24-15(21-11)22-14(23-24)16(17,18)19/h5-9H,2-4H2,1H3. The molecule has 0 saturated heterocycles. The van der Waals surface area contributed by atoms with Crippen molar-refractivity contribution in [2.75, 3.05) is 5.75 Å². The third-order valence-electron chi connectivity index (χ3n) is 4.29. The molecule has 0 atom stereocenters. The summed E-state index contributed by atoms with van der Waals surface area (Å²) in [7, 11) is -3.60. The lowest BCUT2D eigenvalue weighted by molar-refractivity contribution is -0.144. The van der Waals surface area contributed by atoms with Crippen molar-refractivity contribution in [2.24, 2.45) is 0 Å². The van der Waals surface area contributed by atoms with Gasteiger partial charge in [-0.3, -0.25) is 0 Å². The molecular formula is C16H14F3N5O2S. The quantitative estimate of drug-likeness (QED) is 0.672. The van der Waals surface area contributed by atoms with E-state index in [9.17, 15) is 21.6 Å². The van der Waals surface area contributed by atoms with Crippen LogP contribution in [0.15, 0.2) is 29.3 Å². The lowest BCUT2D eigenvalue weighted by atomic mass is 10.2. The SMILES string of the molecule is CCS(=O)(=O)c1ccc(C2CC2)nc1-c1ccn2nc(C(F)(F)F)nc2n1. The van der Waals surface area contributed by atoms with Crippen molar-refractivity contribution >= 4 is 15.6 Å². The van der Waals surface area contributed by atoms with Crippen LogP contribution in [-0.4, -0.2) is 38.7 Å². The average molecular weight is 397 g/mol. The summed E-state index contributed by atoms with van der Waals surface area (Å²) in [5, 5.41) is 3.34. The number of aromatic nitrogens is 5. The number of sulfone groups is 1. The van der Waals surface area contributed by atoms with E-state index in [0.29, 0.717) is 0 Å². The zero-order chi connectivity index (χ0) is 19.4. The predicted octanol–water partition coefficient (Wildman–Crippen LogP) is 2.88. The topological polar surface area (TPSA) is 90.1 Å². The minimum atomic E-state index is -4.70. The van der Waals surface area contributed by atoms with E-state index in [1.807, 2.05) is 0 Å². The summed E-state index contributed by atoms with van der Waals surface area (Å²) in [6.45, 7) is 1.51. The third kappa shape index (κ3) is 3.27. The lowest BCUT2D eigenvalue weighted by Gasteiger charge is -2.10. The molecule has 0 N–H and O–H groups in total. The summed E-state index contributed by atoms with van der Waals surface area (Å²) in [6, 6.07) is 4.56. The smallest absolute Gasteiger partial charge is 0.250 e. The second-order valence-electron chi connectivity index (χ2n) is 6.25. The Labute approximate surface area is 152 Å². The number of alkyl halides is 3. The Hall–Kier alpha value is -2.56. The van der Waals surface area contributed by atoms with Gasteiger partial charge in [-0.2, -0.15) is 18.2 Å². The van der Waals surface area contributed by atoms with Crippen LogP contribution < -0.4 is 0 Å². The number of halogens is 3. The van der Waals surface area contributed by atoms with Gasteiger partial charge in [0.2, 0.25) is 0 Å². The molecule has 1 fully saturated rings. The molecule has 0 unspecified atom stereocenters. The molecule has 142 valence electrons. The summed E-state index contributed by atoms with van der Waals surface area (Å²) < 4.78 is 64.2. The van der Waals surface area contributed by atoms with E-state index < -0.39 is 21.8 Å². The fourth-order valence-electron chi connectivity index (χ4n) is 2.69. The number of fused-ring (bicyclic) bond motifs is 1. The van der Waals surface area contributed by atoms with Gasteiger partial charge < -0.3 is 0 Å². The molecule has 0 radical (unpaired) electrons. The van der Waals surface area contributed by atoms with E-state index in [1.165, 1.54) is 25.3 Å². The van der Waals surface area contributed by atoms with Crippen molar-refractivity contribution in [3.05, 3.63) is 35.9 Å². The first kappa shape index (κ1) is 17.8. The molecule has 7 nitrogen and oxygen atoms in total. The van der Waals surface area contributed by atoms with Crippen molar-refractivity contribution in [1.29, 1.82) is 0 Å². The molecule has 0 bridgehead atoms. The van der Waals surface area contributed by atoms with Gasteiger partial charge in [0, 0.05) is 17.8 Å². The molecule has 1 aliphatic rings. The second-order valence-corrected chi connectivity index (χ2v) is 8.50. The van der Waals surface area contributed by atoms with E-state index >= 15 is 0 Å². The minimum absolute atomic E-state index is 0.00168. The maximum absolute atomic E-state index is 12.8. The van der Waals surface area contributed by atoms with Crippen molar-refractivity contribution in [1.82, 2.24) is 24.6 Å². The molecule has 27 heavy (non-hydrogen) atoms. The van der Waals surface area contributed by atoms with Crippen LogP contribution in [0.3, 0.4) is 0 Å². The molecule has 3 heterocycles. The molecule has 0 spiro atoms. The molecule has 4 rings (SSSR count). The largest absolute Gasteiger partial charge is 0.453 e. The van der Waals surface area contributed by atoms with Crippen LogP contribution >= 0.6 is 0 Å². The van der Waals surface area contributed by atoms with Crippen molar-refractivity contribution in [3.8, 4) is 11.4 Å². The molecule has 0 aromatic carbocycles. The first-order valence-corrected chi connectivity index (χ1v) is 9.89. The number of hydrogen-bond acceptors (Lipinski definition) is 6. The van der Waals surface area contributed by atoms with Gasteiger partial charge in [0.25, 0.3) is 11.6 Å². The van der Waals surface area contributed by atoms with Gasteiger partial charge in [-0.25, -0.2) is 22.9 Å². The molecular weight excluding hydrogens is 383 g/mol. The third-order valence-corrected chi connectivity index (χ3v) is 6.05. The number of hydrogen-bond donors (Lipinski definition) is 0. The lowest BCUT2D eigenvalue weighted by Crippen LogP contribution is -2.09. The van der Waals surface area contributed by atoms with Crippen molar-refractivity contribution < 1.29 is 21.6 Å². The molecule has 0 amide bonds. The van der Waals surface area contributed by atoms with Crippen LogP contribution in [0.1, 0.15) is 37.2 Å². The van der Waals surface area contributed by atoms with Crippen molar-refractivity contribution in [3.63, 3.8) is 0 Å². The molecule has 1 saturated carbocycles. The Morgan fingerprint density at radius 1 is 1.15 bits per heavy atom. The molecule has 1 aliphatic carbocycles. The normalized spacial score (nSPS) is 15.4. The fraction of sp³-hybridized carbons (Fsp3) is 0.375. The number of rotatable bonds is 4. The number of pyridine rings is 1. The maximum atomic E-state index is 12.8. The first-order chi connectivity index (χ1) is 12.7. The van der Waals surface area contributed by atoms with E-state index in [4.69, 9.17) is 0 Å². The Morgan fingerprint density at radius 2 is 1.89 bits per heavy atom. The van der Waals surface area contributed by atoms with E-state index in [1.54, 1.807) is 6.07 Å². The molecule has 11 heteroatoms. The maximum Gasteiger partial charge on any atom is 0.453 e. The average Bonchev–Trinajstić information content (AvgIpc) is 3.38. The van der Waals surface area contributed by atoms with E-state index in [0.717, 1.165) is 23.1 Å². The highest BCUT2D eigenvalue weighted by Crippen LogP contribution is 2.40. The summed E-state index contributed by atoms with van der Waals surface area (Å²) >= 11 is 0. The Bertz CT molecular complexity index is 1140. The summed E-state index contributed by atoms with van der Waals surface area (Å²) in [5.41, 5.74) is 1.01. The van der Waals surface area contributed by atoms with Gasteiger partial charge in [-0.1, -0.05) is 6.92 Å². The second kappa shape index (κ2) is 5.98. The summed E-state index contributed by atoms with van der Waals surface area (Å²) in [5.74, 6) is -1.45. The summed E-state index contributed by atoms with van der Waals surface area (Å²) in [6.07, 6.45) is -1.50. The van der Waals surface area contributed by atoms with Gasteiger partial charge in [0.1, 0.15) is 5.69 Å². The van der Waals surface area contributed by atoms with Gasteiger partial charge in [0.15, 0.2) is 9.84 Å². The molecule has 3 aromatic rings. The Morgan fingerprint density at radius 3 is 2.52 bits per heavy atom. The van der Waals surface area contributed by atoms with Crippen LogP contribution in [0, 0.1) is 0 Å². The fourth-order valence-corrected chi connectivity index (χ4v) is 3.72. The van der Waals surface area contributed by atoms with Gasteiger partial charge in [-0.05, 0) is 31.0 Å². The van der Waals surface area contributed by atoms with Gasteiger partial charge in [-0.15, -0.1) is 5.10 Å². The molecule has 0 aliphatic heterocycles.